The molecule has 2 N–H and O–H groups in total. The van der Waals surface area contributed by atoms with Crippen LogP contribution in [0.4, 0.5) is 5.69 Å². The summed E-state index contributed by atoms with van der Waals surface area (Å²) in [6.45, 7) is 4.29. The highest BCUT2D eigenvalue weighted by Crippen LogP contribution is 2.28. The first-order valence-electron chi connectivity index (χ1n) is 4.06. The Morgan fingerprint density at radius 1 is 1.67 bits per heavy atom. The van der Waals surface area contributed by atoms with E-state index in [1.54, 1.807) is 12.3 Å². The molecular weight excluding hydrogens is 216 g/mol. The van der Waals surface area contributed by atoms with Crippen molar-refractivity contribution in [1.82, 2.24) is 4.98 Å². The third-order valence-corrected chi connectivity index (χ3v) is 2.89. The van der Waals surface area contributed by atoms with Gasteiger partial charge in [0, 0.05) is 11.9 Å². The van der Waals surface area contributed by atoms with E-state index in [4.69, 9.17) is 5.73 Å². The van der Waals surface area contributed by atoms with Gasteiger partial charge in [-0.15, -0.1) is 0 Å². The molecule has 1 heterocycles. The maximum absolute atomic E-state index is 5.73. The van der Waals surface area contributed by atoms with Crippen molar-refractivity contribution in [3.8, 4) is 0 Å². The molecule has 12 heavy (non-hydrogen) atoms. The smallest absolute Gasteiger partial charge is 0.0623 e. The second-order valence-corrected chi connectivity index (χ2v) is 3.70. The van der Waals surface area contributed by atoms with Crippen LogP contribution in [0, 0.1) is 0 Å². The van der Waals surface area contributed by atoms with Crippen molar-refractivity contribution in [3.05, 3.63) is 22.4 Å². The summed E-state index contributed by atoms with van der Waals surface area (Å²) in [5, 5.41) is 0. The molecule has 0 spiro atoms. The van der Waals surface area contributed by atoms with Gasteiger partial charge in [0.25, 0.3) is 0 Å². The van der Waals surface area contributed by atoms with Crippen molar-refractivity contribution in [1.29, 1.82) is 0 Å². The van der Waals surface area contributed by atoms with Gasteiger partial charge in [0.05, 0.1) is 10.2 Å². The number of rotatable bonds is 2. The van der Waals surface area contributed by atoms with Crippen LogP contribution in [0.25, 0.3) is 0 Å². The Balaban J connectivity index is 3.07. The van der Waals surface area contributed by atoms with Gasteiger partial charge < -0.3 is 5.73 Å². The number of halogens is 1. The second kappa shape index (κ2) is 3.90. The summed E-state index contributed by atoms with van der Waals surface area (Å²) >= 11 is 3.43. The third-order valence-electron chi connectivity index (χ3n) is 2.03. The van der Waals surface area contributed by atoms with Crippen LogP contribution in [0.3, 0.4) is 0 Å². The van der Waals surface area contributed by atoms with E-state index in [0.29, 0.717) is 5.92 Å². The molecule has 1 aromatic heterocycles. The topological polar surface area (TPSA) is 38.9 Å². The van der Waals surface area contributed by atoms with Crippen LogP contribution in [0.1, 0.15) is 31.9 Å². The summed E-state index contributed by atoms with van der Waals surface area (Å²) in [6, 6.07) is 1.80. The summed E-state index contributed by atoms with van der Waals surface area (Å²) in [4.78, 5) is 4.28. The number of anilines is 1. The van der Waals surface area contributed by atoms with Crippen molar-refractivity contribution < 1.29 is 0 Å². The van der Waals surface area contributed by atoms with E-state index in [1.165, 1.54) is 0 Å². The average molecular weight is 229 g/mol. The Morgan fingerprint density at radius 2 is 2.33 bits per heavy atom. The average Bonchev–Trinajstić information content (AvgIpc) is 2.08. The molecule has 0 aliphatic heterocycles. The fourth-order valence-corrected chi connectivity index (χ4v) is 1.64. The van der Waals surface area contributed by atoms with Gasteiger partial charge in [-0.1, -0.05) is 13.8 Å². The van der Waals surface area contributed by atoms with Crippen molar-refractivity contribution in [3.63, 3.8) is 0 Å². The van der Waals surface area contributed by atoms with Gasteiger partial charge in [0.1, 0.15) is 0 Å². The number of pyridine rings is 1. The lowest BCUT2D eigenvalue weighted by molar-refractivity contribution is 0.704. The van der Waals surface area contributed by atoms with Crippen molar-refractivity contribution in [2.45, 2.75) is 26.2 Å². The predicted octanol–water partition coefficient (Wildman–Crippen LogP) is 2.94. The Morgan fingerprint density at radius 3 is 2.92 bits per heavy atom. The first-order valence-corrected chi connectivity index (χ1v) is 4.86. The summed E-state index contributed by atoms with van der Waals surface area (Å²) in [6.07, 6.45) is 2.83. The van der Waals surface area contributed by atoms with Gasteiger partial charge in [-0.05, 0) is 34.3 Å². The van der Waals surface area contributed by atoms with Gasteiger partial charge in [-0.25, -0.2) is 0 Å². The number of nitrogens with two attached hydrogens (primary N) is 1. The first-order chi connectivity index (χ1) is 5.66. The molecule has 2 nitrogen and oxygen atoms in total. The maximum atomic E-state index is 5.73. The fourth-order valence-electron chi connectivity index (χ4n) is 1.01. The molecule has 0 fully saturated rings. The van der Waals surface area contributed by atoms with E-state index in [0.717, 1.165) is 22.3 Å². The molecule has 0 saturated heterocycles. The van der Waals surface area contributed by atoms with Gasteiger partial charge in [0.15, 0.2) is 0 Å². The number of hydrogen-bond donors (Lipinski definition) is 1. The fraction of sp³-hybridized carbons (Fsp3) is 0.444. The summed E-state index contributed by atoms with van der Waals surface area (Å²) < 4.78 is 0.944. The number of aromatic nitrogens is 1. The standard InChI is InChI=1S/C9H13BrN2/c1-3-6(2)9-8(10)7(11)4-5-12-9/h4-6H,3H2,1-2H3,(H2,11,12). The maximum Gasteiger partial charge on any atom is 0.0623 e. The molecule has 1 aromatic rings. The lowest BCUT2D eigenvalue weighted by Gasteiger charge is -2.10. The highest BCUT2D eigenvalue weighted by molar-refractivity contribution is 9.10. The molecule has 1 unspecified atom stereocenters. The van der Waals surface area contributed by atoms with Gasteiger partial charge >= 0.3 is 0 Å². The van der Waals surface area contributed by atoms with E-state index >= 15 is 0 Å². The van der Waals surface area contributed by atoms with Crippen molar-refractivity contribution >= 4 is 21.6 Å². The molecule has 0 bridgehead atoms. The summed E-state index contributed by atoms with van der Waals surface area (Å²) in [7, 11) is 0. The highest BCUT2D eigenvalue weighted by atomic mass is 79.9. The number of nitrogens with zero attached hydrogens (tertiary/aromatic N) is 1. The zero-order valence-corrected chi connectivity index (χ0v) is 8.93. The minimum absolute atomic E-state index is 0.461. The highest BCUT2D eigenvalue weighted by Gasteiger charge is 2.10. The molecular formula is C9H13BrN2. The summed E-state index contributed by atoms with van der Waals surface area (Å²) in [5.41, 5.74) is 7.54. The van der Waals surface area contributed by atoms with Crippen LogP contribution < -0.4 is 5.73 Å². The lowest BCUT2D eigenvalue weighted by Crippen LogP contribution is -1.99. The van der Waals surface area contributed by atoms with Crippen LogP contribution in [-0.4, -0.2) is 4.98 Å². The van der Waals surface area contributed by atoms with Crippen molar-refractivity contribution in [2.75, 3.05) is 5.73 Å². The zero-order valence-electron chi connectivity index (χ0n) is 7.34. The third kappa shape index (κ3) is 1.78. The Bertz CT molecular complexity index is 273. The van der Waals surface area contributed by atoms with E-state index in [1.807, 2.05) is 0 Å². The molecule has 66 valence electrons. The van der Waals surface area contributed by atoms with E-state index < -0.39 is 0 Å². The van der Waals surface area contributed by atoms with Crippen LogP contribution in [0.15, 0.2) is 16.7 Å². The lowest BCUT2D eigenvalue weighted by atomic mass is 10.0. The minimum Gasteiger partial charge on any atom is -0.398 e. The first kappa shape index (κ1) is 9.52. The largest absolute Gasteiger partial charge is 0.398 e. The number of hydrogen-bond acceptors (Lipinski definition) is 2. The van der Waals surface area contributed by atoms with Crippen LogP contribution in [0.5, 0.6) is 0 Å². The van der Waals surface area contributed by atoms with Crippen LogP contribution in [0.2, 0.25) is 0 Å². The molecule has 3 heteroatoms. The van der Waals surface area contributed by atoms with Crippen LogP contribution >= 0.6 is 15.9 Å². The van der Waals surface area contributed by atoms with E-state index in [9.17, 15) is 0 Å². The molecule has 0 aliphatic rings. The SMILES string of the molecule is CCC(C)c1nccc(N)c1Br. The van der Waals surface area contributed by atoms with Crippen LogP contribution in [-0.2, 0) is 0 Å². The van der Waals surface area contributed by atoms with E-state index in [-0.39, 0.29) is 0 Å². The summed E-state index contributed by atoms with van der Waals surface area (Å²) in [5.74, 6) is 0.461. The monoisotopic (exact) mass is 228 g/mol. The molecule has 0 amide bonds. The Hall–Kier alpha value is -0.570. The molecule has 1 atom stereocenters. The predicted molar refractivity (Wildman–Crippen MR) is 55.1 cm³/mol. The number of nitrogen functional groups attached to an aromatic ring is 1. The quantitative estimate of drug-likeness (QED) is 0.846. The second-order valence-electron chi connectivity index (χ2n) is 2.91. The minimum atomic E-state index is 0.461. The molecule has 0 saturated carbocycles. The Labute approximate surface area is 81.3 Å². The van der Waals surface area contributed by atoms with Gasteiger partial charge in [-0.2, -0.15) is 0 Å². The Kier molecular flexibility index (Phi) is 3.09. The molecule has 0 aliphatic carbocycles. The molecule has 0 radical (unpaired) electrons. The van der Waals surface area contributed by atoms with Gasteiger partial charge in [-0.3, -0.25) is 4.98 Å². The normalized spacial score (nSPS) is 12.9. The van der Waals surface area contributed by atoms with Gasteiger partial charge in [0.2, 0.25) is 0 Å². The molecule has 1 rings (SSSR count). The van der Waals surface area contributed by atoms with Crippen molar-refractivity contribution in [2.24, 2.45) is 0 Å². The van der Waals surface area contributed by atoms with E-state index in [2.05, 4.69) is 34.8 Å². The molecule has 0 aromatic carbocycles. The zero-order chi connectivity index (χ0) is 9.14.